The minimum atomic E-state index is -1.13. The summed E-state index contributed by atoms with van der Waals surface area (Å²) in [5.74, 6) is -3.32. The van der Waals surface area contributed by atoms with Crippen molar-refractivity contribution < 1.29 is 37.4 Å². The van der Waals surface area contributed by atoms with Crippen molar-refractivity contribution >= 4 is 23.3 Å². The molecule has 0 radical (unpaired) electrons. The molecule has 7 nitrogen and oxygen atoms in total. The van der Waals surface area contributed by atoms with Gasteiger partial charge < -0.3 is 19.5 Å². The van der Waals surface area contributed by atoms with Crippen molar-refractivity contribution in [1.82, 2.24) is 0 Å². The van der Waals surface area contributed by atoms with E-state index in [1.807, 2.05) is 0 Å². The number of benzene rings is 3. The highest BCUT2D eigenvalue weighted by atomic mass is 19.2. The Labute approximate surface area is 186 Å². The minimum Gasteiger partial charge on any atom is -0.486 e. The number of esters is 1. The Morgan fingerprint density at radius 2 is 1.58 bits per heavy atom. The number of fused-ring (bicyclic) bond motifs is 1. The van der Waals surface area contributed by atoms with Gasteiger partial charge in [0.05, 0.1) is 5.56 Å². The zero-order valence-corrected chi connectivity index (χ0v) is 17.1. The van der Waals surface area contributed by atoms with E-state index >= 15 is 0 Å². The van der Waals surface area contributed by atoms with Gasteiger partial charge in [-0.3, -0.25) is 9.59 Å². The first-order valence-electron chi connectivity index (χ1n) is 9.88. The van der Waals surface area contributed by atoms with Gasteiger partial charge in [0.25, 0.3) is 5.91 Å². The topological polar surface area (TPSA) is 90.9 Å². The van der Waals surface area contributed by atoms with Crippen LogP contribution in [-0.4, -0.2) is 37.5 Å². The zero-order chi connectivity index (χ0) is 23.4. The lowest BCUT2D eigenvalue weighted by molar-refractivity contribution is -0.119. The Morgan fingerprint density at radius 1 is 0.848 bits per heavy atom. The van der Waals surface area contributed by atoms with Crippen LogP contribution in [0.5, 0.6) is 11.5 Å². The highest BCUT2D eigenvalue weighted by molar-refractivity contribution is 6.14. The van der Waals surface area contributed by atoms with E-state index in [1.54, 1.807) is 24.3 Å². The van der Waals surface area contributed by atoms with Gasteiger partial charge in [-0.05, 0) is 36.4 Å². The molecule has 1 aliphatic rings. The number of amides is 1. The predicted molar refractivity (Wildman–Crippen MR) is 113 cm³/mol. The summed E-state index contributed by atoms with van der Waals surface area (Å²) >= 11 is 0. The monoisotopic (exact) mass is 453 g/mol. The Balaban J connectivity index is 1.45. The smallest absolute Gasteiger partial charge is 0.339 e. The molecule has 1 amide bonds. The number of hydrogen-bond acceptors (Lipinski definition) is 6. The summed E-state index contributed by atoms with van der Waals surface area (Å²) in [6.45, 7) is 0.0865. The van der Waals surface area contributed by atoms with E-state index < -0.39 is 35.9 Å². The minimum absolute atomic E-state index is 0.00383. The molecule has 1 heterocycles. The number of hydrogen-bond donors (Lipinski definition) is 1. The first-order chi connectivity index (χ1) is 15.9. The van der Waals surface area contributed by atoms with Crippen LogP contribution in [0.4, 0.5) is 14.5 Å². The SMILES string of the molecule is O=C(COC(=O)c1ccccc1C(=O)c1ccc2c(c1)OCCO2)Nc1ccc(F)c(F)c1. The van der Waals surface area contributed by atoms with Crippen LogP contribution < -0.4 is 14.8 Å². The number of nitrogens with one attached hydrogen (secondary N) is 1. The van der Waals surface area contributed by atoms with Crippen LogP contribution in [0.1, 0.15) is 26.3 Å². The third-order valence-corrected chi connectivity index (χ3v) is 4.73. The van der Waals surface area contributed by atoms with E-state index in [4.69, 9.17) is 14.2 Å². The molecule has 168 valence electrons. The third-order valence-electron chi connectivity index (χ3n) is 4.73. The third kappa shape index (κ3) is 4.98. The molecule has 0 fully saturated rings. The molecule has 0 bridgehead atoms. The molecule has 3 aromatic carbocycles. The fourth-order valence-electron chi connectivity index (χ4n) is 3.18. The molecule has 1 N–H and O–H groups in total. The van der Waals surface area contributed by atoms with Crippen LogP contribution in [-0.2, 0) is 9.53 Å². The maximum absolute atomic E-state index is 13.3. The standard InChI is InChI=1S/C24H17F2NO6/c25-18-7-6-15(12-19(18)26)27-22(28)13-33-24(30)17-4-2-1-3-16(17)23(29)14-5-8-20-21(11-14)32-10-9-31-20/h1-8,11-12H,9-10,13H2,(H,27,28). The maximum Gasteiger partial charge on any atom is 0.339 e. The van der Waals surface area contributed by atoms with E-state index in [1.165, 1.54) is 24.3 Å². The lowest BCUT2D eigenvalue weighted by atomic mass is 9.98. The fourth-order valence-corrected chi connectivity index (χ4v) is 3.18. The van der Waals surface area contributed by atoms with Crippen LogP contribution in [0.25, 0.3) is 0 Å². The summed E-state index contributed by atoms with van der Waals surface area (Å²) in [4.78, 5) is 37.7. The number of halogens is 2. The first kappa shape index (κ1) is 21.9. The van der Waals surface area contributed by atoms with Crippen molar-refractivity contribution in [1.29, 1.82) is 0 Å². The Bertz CT molecular complexity index is 1240. The van der Waals surface area contributed by atoms with E-state index in [2.05, 4.69) is 5.32 Å². The van der Waals surface area contributed by atoms with Crippen LogP contribution in [0.3, 0.4) is 0 Å². The molecule has 3 aromatic rings. The average molecular weight is 453 g/mol. The van der Waals surface area contributed by atoms with Gasteiger partial charge in [0, 0.05) is 22.9 Å². The summed E-state index contributed by atoms with van der Waals surface area (Å²) in [5, 5.41) is 2.29. The molecule has 4 rings (SSSR count). The van der Waals surface area contributed by atoms with Crippen LogP contribution in [0.2, 0.25) is 0 Å². The van der Waals surface area contributed by atoms with Crippen molar-refractivity contribution in [2.75, 3.05) is 25.1 Å². The fraction of sp³-hybridized carbons (Fsp3) is 0.125. The highest BCUT2D eigenvalue weighted by Gasteiger charge is 2.22. The molecule has 9 heteroatoms. The molecule has 0 atom stereocenters. The van der Waals surface area contributed by atoms with Gasteiger partial charge in [0.2, 0.25) is 0 Å². The number of ether oxygens (including phenoxy) is 3. The molecule has 0 aliphatic carbocycles. The number of carbonyl (C=O) groups excluding carboxylic acids is 3. The van der Waals surface area contributed by atoms with E-state index in [0.29, 0.717) is 24.7 Å². The van der Waals surface area contributed by atoms with Crippen molar-refractivity contribution in [3.05, 3.63) is 89.0 Å². The number of ketones is 1. The van der Waals surface area contributed by atoms with E-state index in [-0.39, 0.29) is 22.4 Å². The largest absolute Gasteiger partial charge is 0.486 e. The van der Waals surface area contributed by atoms with E-state index in [0.717, 1.165) is 12.1 Å². The molecule has 0 spiro atoms. The Kier molecular flexibility index (Phi) is 6.30. The molecule has 1 aliphatic heterocycles. The lowest BCUT2D eigenvalue weighted by Crippen LogP contribution is -2.22. The van der Waals surface area contributed by atoms with E-state index in [9.17, 15) is 23.2 Å². The van der Waals surface area contributed by atoms with Gasteiger partial charge in [-0.1, -0.05) is 18.2 Å². The summed E-state index contributed by atoms with van der Waals surface area (Å²) < 4.78 is 42.2. The van der Waals surface area contributed by atoms with Crippen molar-refractivity contribution in [2.24, 2.45) is 0 Å². The second kappa shape index (κ2) is 9.47. The molecule has 33 heavy (non-hydrogen) atoms. The van der Waals surface area contributed by atoms with Gasteiger partial charge in [0.15, 0.2) is 35.5 Å². The van der Waals surface area contributed by atoms with Crippen molar-refractivity contribution in [3.63, 3.8) is 0 Å². The number of carbonyl (C=O) groups is 3. The average Bonchev–Trinajstić information content (AvgIpc) is 2.84. The Hall–Kier alpha value is -4.27. The predicted octanol–water partition coefficient (Wildman–Crippen LogP) is 3.76. The maximum atomic E-state index is 13.3. The summed E-state index contributed by atoms with van der Waals surface area (Å²) in [6.07, 6.45) is 0. The zero-order valence-electron chi connectivity index (χ0n) is 17.1. The van der Waals surface area contributed by atoms with Gasteiger partial charge in [-0.15, -0.1) is 0 Å². The molecule has 0 saturated heterocycles. The summed E-state index contributed by atoms with van der Waals surface area (Å²) in [6, 6.07) is 13.6. The molecule has 0 unspecified atom stereocenters. The Morgan fingerprint density at radius 3 is 2.33 bits per heavy atom. The van der Waals surface area contributed by atoms with Crippen LogP contribution in [0, 0.1) is 11.6 Å². The van der Waals surface area contributed by atoms with Gasteiger partial charge in [0.1, 0.15) is 13.2 Å². The second-order valence-corrected chi connectivity index (χ2v) is 6.99. The van der Waals surface area contributed by atoms with Gasteiger partial charge in [-0.25, -0.2) is 13.6 Å². The lowest BCUT2D eigenvalue weighted by Gasteiger charge is -2.18. The number of anilines is 1. The highest BCUT2D eigenvalue weighted by Crippen LogP contribution is 2.31. The summed E-state index contributed by atoms with van der Waals surface area (Å²) in [5.41, 5.74) is 0.345. The normalized spacial score (nSPS) is 12.1. The molecular weight excluding hydrogens is 436 g/mol. The summed E-state index contributed by atoms with van der Waals surface area (Å²) in [7, 11) is 0. The van der Waals surface area contributed by atoms with Gasteiger partial charge >= 0.3 is 5.97 Å². The van der Waals surface area contributed by atoms with Crippen molar-refractivity contribution in [2.45, 2.75) is 0 Å². The molecule has 0 aromatic heterocycles. The molecule has 0 saturated carbocycles. The van der Waals surface area contributed by atoms with Crippen LogP contribution >= 0.6 is 0 Å². The second-order valence-electron chi connectivity index (χ2n) is 6.99. The van der Waals surface area contributed by atoms with Crippen molar-refractivity contribution in [3.8, 4) is 11.5 Å². The molecular formula is C24H17F2NO6. The first-order valence-corrected chi connectivity index (χ1v) is 9.88. The van der Waals surface area contributed by atoms with Crippen LogP contribution in [0.15, 0.2) is 60.7 Å². The van der Waals surface area contributed by atoms with Gasteiger partial charge in [-0.2, -0.15) is 0 Å². The quantitative estimate of drug-likeness (QED) is 0.452. The number of rotatable bonds is 6.